The van der Waals surface area contributed by atoms with Crippen LogP contribution in [0, 0.1) is 5.41 Å². The Morgan fingerprint density at radius 1 is 1.29 bits per heavy atom. The Kier molecular flexibility index (Phi) is 4.88. The van der Waals surface area contributed by atoms with Gasteiger partial charge in [0.05, 0.1) is 17.6 Å². The van der Waals surface area contributed by atoms with Crippen molar-refractivity contribution in [1.82, 2.24) is 10.2 Å². The monoisotopic (exact) mass is 358 g/mol. The van der Waals surface area contributed by atoms with E-state index >= 15 is 0 Å². The highest BCUT2D eigenvalue weighted by atomic mass is 32.2. The molecule has 0 bridgehead atoms. The molecule has 0 aromatic heterocycles. The lowest BCUT2D eigenvalue weighted by Gasteiger charge is -2.30. The smallest absolute Gasteiger partial charge is 0.238 e. The predicted octanol–water partition coefficient (Wildman–Crippen LogP) is 0.0974. The van der Waals surface area contributed by atoms with Crippen LogP contribution in [-0.4, -0.2) is 68.5 Å². The molecule has 0 radical (unpaired) electrons. The summed E-state index contributed by atoms with van der Waals surface area (Å²) < 4.78 is 28.9. The Balaban J connectivity index is 1.62. The van der Waals surface area contributed by atoms with Crippen LogP contribution >= 0.6 is 0 Å². The van der Waals surface area contributed by atoms with E-state index in [1.165, 1.54) is 0 Å². The summed E-state index contributed by atoms with van der Waals surface area (Å²) in [4.78, 5) is 27.1. The zero-order valence-corrected chi connectivity index (χ0v) is 14.9. The molecule has 136 valence electrons. The topological polar surface area (TPSA) is 92.8 Å². The van der Waals surface area contributed by atoms with E-state index in [0.29, 0.717) is 32.4 Å². The van der Waals surface area contributed by atoms with E-state index in [-0.39, 0.29) is 35.5 Å². The molecule has 1 saturated carbocycles. The van der Waals surface area contributed by atoms with E-state index in [0.717, 1.165) is 19.4 Å². The molecular weight excluding hydrogens is 332 g/mol. The molecule has 2 saturated heterocycles. The van der Waals surface area contributed by atoms with Crippen molar-refractivity contribution < 1.29 is 22.7 Å². The highest BCUT2D eigenvalue weighted by molar-refractivity contribution is 7.91. The zero-order valence-electron chi connectivity index (χ0n) is 14.1. The average molecular weight is 358 g/mol. The standard InChI is InChI=1S/C16H26N2O5S/c1-2-18(12-5-9-24(21,22)11-12)15(20)16(6-7-16)14(19)17-10-13-4-3-8-23-13/h12-13H,2-11H2,1H3,(H,17,19). The second-order valence-corrected chi connectivity index (χ2v) is 9.30. The van der Waals surface area contributed by atoms with Crippen molar-refractivity contribution in [2.75, 3.05) is 31.2 Å². The minimum Gasteiger partial charge on any atom is -0.376 e. The first kappa shape index (κ1) is 17.7. The number of hydrogen-bond acceptors (Lipinski definition) is 5. The summed E-state index contributed by atoms with van der Waals surface area (Å²) in [7, 11) is -3.06. The summed E-state index contributed by atoms with van der Waals surface area (Å²) >= 11 is 0. The molecule has 2 amide bonds. The second kappa shape index (κ2) is 6.63. The number of carbonyl (C=O) groups is 2. The van der Waals surface area contributed by atoms with E-state index < -0.39 is 15.3 Å². The lowest BCUT2D eigenvalue weighted by atomic mass is 10.0. The third kappa shape index (κ3) is 3.44. The fourth-order valence-corrected chi connectivity index (χ4v) is 5.44. The van der Waals surface area contributed by atoms with Crippen molar-refractivity contribution in [3.63, 3.8) is 0 Å². The molecule has 0 aromatic rings. The molecule has 7 nitrogen and oxygen atoms in total. The minimum absolute atomic E-state index is 0.0141. The van der Waals surface area contributed by atoms with Gasteiger partial charge < -0.3 is 15.0 Å². The van der Waals surface area contributed by atoms with Crippen molar-refractivity contribution in [1.29, 1.82) is 0 Å². The number of nitrogens with one attached hydrogen (secondary N) is 1. The van der Waals surface area contributed by atoms with Gasteiger partial charge in [-0.15, -0.1) is 0 Å². The van der Waals surface area contributed by atoms with Gasteiger partial charge in [0.25, 0.3) is 0 Å². The van der Waals surface area contributed by atoms with E-state index in [1.807, 2.05) is 6.92 Å². The van der Waals surface area contributed by atoms with Crippen LogP contribution < -0.4 is 5.32 Å². The molecule has 2 aliphatic heterocycles. The third-order valence-corrected chi connectivity index (χ3v) is 7.11. The Hall–Kier alpha value is -1.15. The van der Waals surface area contributed by atoms with Gasteiger partial charge in [-0.25, -0.2) is 8.42 Å². The number of nitrogens with zero attached hydrogens (tertiary/aromatic N) is 1. The van der Waals surface area contributed by atoms with E-state index in [9.17, 15) is 18.0 Å². The Bertz CT molecular complexity index is 608. The lowest BCUT2D eigenvalue weighted by molar-refractivity contribution is -0.145. The maximum Gasteiger partial charge on any atom is 0.238 e. The van der Waals surface area contributed by atoms with Gasteiger partial charge in [0.2, 0.25) is 11.8 Å². The van der Waals surface area contributed by atoms with Gasteiger partial charge in [0, 0.05) is 25.7 Å². The van der Waals surface area contributed by atoms with Crippen LogP contribution in [-0.2, 0) is 24.2 Å². The quantitative estimate of drug-likeness (QED) is 0.680. The molecular formula is C16H26N2O5S. The van der Waals surface area contributed by atoms with Gasteiger partial charge in [-0.3, -0.25) is 9.59 Å². The second-order valence-electron chi connectivity index (χ2n) is 7.08. The van der Waals surface area contributed by atoms with Crippen molar-refractivity contribution in [2.24, 2.45) is 5.41 Å². The van der Waals surface area contributed by atoms with Crippen LogP contribution in [0.3, 0.4) is 0 Å². The Morgan fingerprint density at radius 3 is 2.54 bits per heavy atom. The third-order valence-electron chi connectivity index (χ3n) is 5.36. The average Bonchev–Trinajstić information content (AvgIpc) is 3.04. The number of hydrogen-bond donors (Lipinski definition) is 1. The molecule has 8 heteroatoms. The molecule has 1 N–H and O–H groups in total. The Labute approximate surface area is 143 Å². The van der Waals surface area contributed by atoms with Crippen molar-refractivity contribution >= 4 is 21.7 Å². The molecule has 1 aliphatic carbocycles. The highest BCUT2D eigenvalue weighted by Gasteiger charge is 2.58. The predicted molar refractivity (Wildman–Crippen MR) is 88.1 cm³/mol. The summed E-state index contributed by atoms with van der Waals surface area (Å²) in [5, 5.41) is 2.86. The van der Waals surface area contributed by atoms with Crippen molar-refractivity contribution in [3.8, 4) is 0 Å². The SMILES string of the molecule is CCN(C(=O)C1(C(=O)NCC2CCCO2)CC1)C1CCS(=O)(=O)C1. The molecule has 0 aromatic carbocycles. The van der Waals surface area contributed by atoms with Crippen LogP contribution in [0.4, 0.5) is 0 Å². The van der Waals surface area contributed by atoms with Crippen LogP contribution in [0.5, 0.6) is 0 Å². The van der Waals surface area contributed by atoms with E-state index in [4.69, 9.17) is 4.74 Å². The number of carbonyl (C=O) groups excluding carboxylic acids is 2. The summed E-state index contributed by atoms with van der Waals surface area (Å²) in [6.45, 7) is 3.44. The minimum atomic E-state index is -3.06. The van der Waals surface area contributed by atoms with Gasteiger partial charge in [-0.05, 0) is 39.0 Å². The molecule has 3 rings (SSSR count). The number of amides is 2. The summed E-state index contributed by atoms with van der Waals surface area (Å²) in [6.07, 6.45) is 3.53. The first-order valence-electron chi connectivity index (χ1n) is 8.79. The first-order chi connectivity index (χ1) is 11.4. The van der Waals surface area contributed by atoms with Crippen molar-refractivity contribution in [2.45, 2.75) is 51.2 Å². The zero-order chi connectivity index (χ0) is 17.4. The maximum atomic E-state index is 12.9. The van der Waals surface area contributed by atoms with Crippen LogP contribution in [0.25, 0.3) is 0 Å². The van der Waals surface area contributed by atoms with Gasteiger partial charge in [-0.1, -0.05) is 0 Å². The molecule has 0 spiro atoms. The van der Waals surface area contributed by atoms with Crippen LogP contribution in [0.2, 0.25) is 0 Å². The van der Waals surface area contributed by atoms with Crippen molar-refractivity contribution in [3.05, 3.63) is 0 Å². The molecule has 2 heterocycles. The van der Waals surface area contributed by atoms with E-state index in [2.05, 4.69) is 5.32 Å². The van der Waals surface area contributed by atoms with Gasteiger partial charge >= 0.3 is 0 Å². The summed E-state index contributed by atoms with van der Waals surface area (Å²) in [5.74, 6) is -0.306. The van der Waals surface area contributed by atoms with E-state index in [1.54, 1.807) is 4.90 Å². The first-order valence-corrected chi connectivity index (χ1v) is 10.6. The summed E-state index contributed by atoms with van der Waals surface area (Å²) in [6, 6.07) is -0.295. The number of sulfone groups is 1. The lowest BCUT2D eigenvalue weighted by Crippen LogP contribution is -2.50. The molecule has 3 aliphatic rings. The normalized spacial score (nSPS) is 30.0. The molecule has 24 heavy (non-hydrogen) atoms. The number of ether oxygens (including phenoxy) is 1. The van der Waals surface area contributed by atoms with Gasteiger partial charge in [0.15, 0.2) is 9.84 Å². The number of rotatable bonds is 6. The molecule has 3 fully saturated rings. The van der Waals surface area contributed by atoms with Gasteiger partial charge in [0.1, 0.15) is 5.41 Å². The Morgan fingerprint density at radius 2 is 2.04 bits per heavy atom. The fraction of sp³-hybridized carbons (Fsp3) is 0.875. The van der Waals surface area contributed by atoms with Gasteiger partial charge in [-0.2, -0.15) is 0 Å². The molecule has 2 unspecified atom stereocenters. The van der Waals surface area contributed by atoms with Crippen LogP contribution in [0.1, 0.15) is 39.0 Å². The maximum absolute atomic E-state index is 12.9. The van der Waals surface area contributed by atoms with Crippen LogP contribution in [0.15, 0.2) is 0 Å². The largest absolute Gasteiger partial charge is 0.376 e. The fourth-order valence-electron chi connectivity index (χ4n) is 3.71. The molecule has 2 atom stereocenters. The highest BCUT2D eigenvalue weighted by Crippen LogP contribution is 2.48. The summed E-state index contributed by atoms with van der Waals surface area (Å²) in [5.41, 5.74) is -0.985.